The van der Waals surface area contributed by atoms with Crippen molar-refractivity contribution in [2.75, 3.05) is 7.05 Å². The number of rotatable bonds is 1. The monoisotopic (exact) mass is 235 g/mol. The summed E-state index contributed by atoms with van der Waals surface area (Å²) in [7, 11) is 1.50. The summed E-state index contributed by atoms with van der Waals surface area (Å²) in [5.74, 6) is -0.487. The smallest absolute Gasteiger partial charge is 0.306 e. The first kappa shape index (κ1) is 13.7. The van der Waals surface area contributed by atoms with Crippen LogP contribution in [0.25, 0.3) is 0 Å². The van der Waals surface area contributed by atoms with Crippen molar-refractivity contribution in [2.24, 2.45) is 11.7 Å². The fourth-order valence-corrected chi connectivity index (χ4v) is 2.48. The van der Waals surface area contributed by atoms with Crippen molar-refractivity contribution in [3.63, 3.8) is 0 Å². The number of carboxylic acids is 1. The van der Waals surface area contributed by atoms with E-state index in [1.807, 2.05) is 0 Å². The molecule has 2 unspecified atom stereocenters. The highest BCUT2D eigenvalue weighted by atomic mass is 16.4. The van der Waals surface area contributed by atoms with Gasteiger partial charge in [0.25, 0.3) is 0 Å². The van der Waals surface area contributed by atoms with E-state index in [9.17, 15) is 4.79 Å². The molecule has 0 aliphatic heterocycles. The predicted octanol–water partition coefficient (Wildman–Crippen LogP) is 2.32. The van der Waals surface area contributed by atoms with E-state index in [4.69, 9.17) is 5.11 Å². The Morgan fingerprint density at radius 2 is 2.06 bits per heavy atom. The molecule has 1 aliphatic rings. The number of hydrogen-bond acceptors (Lipinski definition) is 2. The molecule has 3 N–H and O–H groups in total. The lowest BCUT2D eigenvalue weighted by Crippen LogP contribution is -2.24. The molecular formula is C14H21NO2. The maximum Gasteiger partial charge on any atom is 0.306 e. The van der Waals surface area contributed by atoms with Crippen molar-refractivity contribution in [1.82, 2.24) is 0 Å². The second kappa shape index (κ2) is 5.82. The largest absolute Gasteiger partial charge is 0.481 e. The molecule has 2 rings (SSSR count). The fourth-order valence-electron chi connectivity index (χ4n) is 2.48. The number of nitrogens with two attached hydrogens (primary N) is 1. The van der Waals surface area contributed by atoms with Gasteiger partial charge in [-0.25, -0.2) is 0 Å². The number of fused-ring (bicyclic) bond motifs is 1. The Morgan fingerprint density at radius 3 is 2.65 bits per heavy atom. The minimum atomic E-state index is -0.658. The van der Waals surface area contributed by atoms with Gasteiger partial charge in [0.15, 0.2) is 0 Å². The minimum Gasteiger partial charge on any atom is -0.481 e. The Balaban J connectivity index is 0.000000686. The standard InChI is InChI=1S/C13H16O2.CH5N/c1-8-3-4-12-9(2)6-11(13(14)15)7-10(12)5-8;1-2/h3-5,9,11H,6-7H2,1-2H3,(H,14,15);2H2,1H3. The molecule has 0 amide bonds. The average molecular weight is 235 g/mol. The van der Waals surface area contributed by atoms with Gasteiger partial charge in [0.1, 0.15) is 0 Å². The second-order valence-corrected chi connectivity index (χ2v) is 4.58. The molecule has 0 saturated carbocycles. The highest BCUT2D eigenvalue weighted by Crippen LogP contribution is 2.34. The first-order valence-corrected chi connectivity index (χ1v) is 5.98. The first-order valence-electron chi connectivity index (χ1n) is 5.98. The molecule has 17 heavy (non-hydrogen) atoms. The number of carboxylic acid groups (broad SMARTS) is 1. The maximum atomic E-state index is 11.0. The van der Waals surface area contributed by atoms with Gasteiger partial charge in [0.2, 0.25) is 0 Å². The quantitative estimate of drug-likeness (QED) is 0.785. The molecule has 0 spiro atoms. The topological polar surface area (TPSA) is 63.3 Å². The summed E-state index contributed by atoms with van der Waals surface area (Å²) < 4.78 is 0. The Morgan fingerprint density at radius 1 is 1.41 bits per heavy atom. The van der Waals surface area contributed by atoms with Crippen LogP contribution in [0, 0.1) is 12.8 Å². The zero-order valence-electron chi connectivity index (χ0n) is 10.7. The first-order chi connectivity index (χ1) is 8.08. The Hall–Kier alpha value is -1.35. The van der Waals surface area contributed by atoms with Crippen LogP contribution in [-0.2, 0) is 11.2 Å². The molecule has 0 saturated heterocycles. The van der Waals surface area contributed by atoms with Gasteiger partial charge in [0, 0.05) is 0 Å². The van der Waals surface area contributed by atoms with Gasteiger partial charge in [-0.15, -0.1) is 0 Å². The van der Waals surface area contributed by atoms with Crippen LogP contribution in [0.5, 0.6) is 0 Å². The van der Waals surface area contributed by atoms with E-state index in [1.165, 1.54) is 23.7 Å². The van der Waals surface area contributed by atoms with Crippen molar-refractivity contribution < 1.29 is 9.90 Å². The average Bonchev–Trinajstić information content (AvgIpc) is 2.30. The highest BCUT2D eigenvalue weighted by molar-refractivity contribution is 5.71. The van der Waals surface area contributed by atoms with E-state index in [-0.39, 0.29) is 5.92 Å². The van der Waals surface area contributed by atoms with E-state index in [0.29, 0.717) is 12.3 Å². The number of benzene rings is 1. The lowest BCUT2D eigenvalue weighted by molar-refractivity contribution is -0.142. The van der Waals surface area contributed by atoms with Gasteiger partial charge in [-0.1, -0.05) is 30.7 Å². The third-order valence-corrected chi connectivity index (χ3v) is 3.28. The molecule has 94 valence electrons. The Bertz CT molecular complexity index is 401. The van der Waals surface area contributed by atoms with Crippen molar-refractivity contribution in [3.8, 4) is 0 Å². The van der Waals surface area contributed by atoms with Crippen LogP contribution in [0.3, 0.4) is 0 Å². The molecule has 2 atom stereocenters. The summed E-state index contributed by atoms with van der Waals surface area (Å²) in [6.45, 7) is 4.17. The van der Waals surface area contributed by atoms with Crippen LogP contribution >= 0.6 is 0 Å². The molecule has 1 aromatic carbocycles. The van der Waals surface area contributed by atoms with E-state index in [0.717, 1.165) is 6.42 Å². The third-order valence-electron chi connectivity index (χ3n) is 3.28. The Kier molecular flexibility index (Phi) is 4.70. The van der Waals surface area contributed by atoms with Crippen LogP contribution in [0.4, 0.5) is 0 Å². The summed E-state index contributed by atoms with van der Waals surface area (Å²) in [6.07, 6.45) is 1.46. The summed E-state index contributed by atoms with van der Waals surface area (Å²) >= 11 is 0. The second-order valence-electron chi connectivity index (χ2n) is 4.58. The van der Waals surface area contributed by atoms with Crippen molar-refractivity contribution in [2.45, 2.75) is 32.6 Å². The summed E-state index contributed by atoms with van der Waals surface area (Å²) in [6, 6.07) is 6.38. The van der Waals surface area contributed by atoms with Crippen LogP contribution in [-0.4, -0.2) is 18.1 Å². The van der Waals surface area contributed by atoms with Crippen molar-refractivity contribution >= 4 is 5.97 Å². The van der Waals surface area contributed by atoms with E-state index in [1.54, 1.807) is 0 Å². The summed E-state index contributed by atoms with van der Waals surface area (Å²) in [5, 5.41) is 9.05. The van der Waals surface area contributed by atoms with Crippen LogP contribution < -0.4 is 5.73 Å². The molecule has 0 fully saturated rings. The number of aryl methyl sites for hydroxylation is 1. The summed E-state index contributed by atoms with van der Waals surface area (Å²) in [5.41, 5.74) is 8.27. The van der Waals surface area contributed by atoms with Gasteiger partial charge in [-0.05, 0) is 43.9 Å². The van der Waals surface area contributed by atoms with Crippen LogP contribution in [0.1, 0.15) is 36.0 Å². The highest BCUT2D eigenvalue weighted by Gasteiger charge is 2.28. The molecule has 1 aliphatic carbocycles. The molecule has 0 bridgehead atoms. The SMILES string of the molecule is CN.Cc1ccc2c(c1)CC(C(=O)O)CC2C. The van der Waals surface area contributed by atoms with Crippen molar-refractivity contribution in [1.29, 1.82) is 0 Å². The normalized spacial score (nSPS) is 22.1. The fraction of sp³-hybridized carbons (Fsp3) is 0.500. The van der Waals surface area contributed by atoms with Crippen LogP contribution in [0.15, 0.2) is 18.2 Å². The molecule has 0 aromatic heterocycles. The number of aliphatic carboxylic acids is 1. The van der Waals surface area contributed by atoms with E-state index >= 15 is 0 Å². The third kappa shape index (κ3) is 3.07. The molecule has 1 aromatic rings. The van der Waals surface area contributed by atoms with E-state index < -0.39 is 5.97 Å². The molecule has 3 nitrogen and oxygen atoms in total. The van der Waals surface area contributed by atoms with Gasteiger partial charge < -0.3 is 10.8 Å². The van der Waals surface area contributed by atoms with Crippen LogP contribution in [0.2, 0.25) is 0 Å². The lowest BCUT2D eigenvalue weighted by Gasteiger charge is -2.27. The molecular weight excluding hydrogens is 214 g/mol. The predicted molar refractivity (Wildman–Crippen MR) is 69.2 cm³/mol. The zero-order chi connectivity index (χ0) is 13.0. The summed E-state index contributed by atoms with van der Waals surface area (Å²) in [4.78, 5) is 11.0. The van der Waals surface area contributed by atoms with E-state index in [2.05, 4.69) is 37.8 Å². The van der Waals surface area contributed by atoms with Crippen molar-refractivity contribution in [3.05, 3.63) is 34.9 Å². The van der Waals surface area contributed by atoms with Gasteiger partial charge in [-0.2, -0.15) is 0 Å². The number of hydrogen-bond donors (Lipinski definition) is 2. The Labute approximate surface area is 103 Å². The number of carbonyl (C=O) groups is 1. The van der Waals surface area contributed by atoms with Gasteiger partial charge in [-0.3, -0.25) is 4.79 Å². The molecule has 3 heteroatoms. The zero-order valence-corrected chi connectivity index (χ0v) is 10.7. The molecule has 0 radical (unpaired) electrons. The van der Waals surface area contributed by atoms with Gasteiger partial charge in [0.05, 0.1) is 5.92 Å². The molecule has 0 heterocycles. The maximum absolute atomic E-state index is 11.0. The minimum absolute atomic E-state index is 0.200. The lowest BCUT2D eigenvalue weighted by atomic mass is 9.77. The van der Waals surface area contributed by atoms with Gasteiger partial charge >= 0.3 is 5.97 Å².